The highest BCUT2D eigenvalue weighted by Gasteiger charge is 2.55. The van der Waals surface area contributed by atoms with Crippen LogP contribution in [0.5, 0.6) is 28.7 Å². The molecule has 10 saturated heterocycles. The van der Waals surface area contributed by atoms with Crippen LogP contribution >= 0.6 is 69.6 Å². The van der Waals surface area contributed by atoms with Gasteiger partial charge in [-0.3, -0.25) is 49.7 Å². The fourth-order valence-corrected chi connectivity index (χ4v) is 29.7. The summed E-state index contributed by atoms with van der Waals surface area (Å²) in [4.78, 5) is 71.2. The molecule has 776 valence electrons. The maximum absolute atomic E-state index is 13.1. The minimum atomic E-state index is -3.99. The summed E-state index contributed by atoms with van der Waals surface area (Å²) < 4.78 is 137. The van der Waals surface area contributed by atoms with Crippen LogP contribution in [0.25, 0.3) is 0 Å². The van der Waals surface area contributed by atoms with Gasteiger partial charge in [-0.25, -0.2) is 42.1 Å². The molecule has 0 radical (unpaired) electrons. The van der Waals surface area contributed by atoms with Crippen molar-refractivity contribution in [2.75, 3.05) is 98.2 Å². The number of phenols is 5. The van der Waals surface area contributed by atoms with Gasteiger partial charge in [0.05, 0.1) is 101 Å². The lowest BCUT2D eigenvalue weighted by molar-refractivity contribution is -0.133. The lowest BCUT2D eigenvalue weighted by atomic mass is 9.96. The Morgan fingerprint density at radius 3 is 0.842 bits per heavy atom. The van der Waals surface area contributed by atoms with Gasteiger partial charge in [0, 0.05) is 103 Å². The number of carbonyl (C=O) groups is 5. The first-order valence-electron chi connectivity index (χ1n) is 47.1. The second-order valence-electron chi connectivity index (χ2n) is 37.1. The monoisotopic (exact) mass is 2210 g/mol. The standard InChI is InChI=1S/3C20H21Cl2N3O4S.2C20H23N3O4S/c21-16-10-15(11-17(22)19(16)27)30(28,29)24-8-6-20(7-9-24)23-12-18(26)25(20)13-14-4-2-1-3-5-14;21-16-10-15(11-17(22)19(16)27)30(28,29)25-8-6-20(7-9-25)23-18(26)13-24(20)12-14-4-2-1-3-5-14;21-15-10-16(22)19(27)17(11-15)30(28,29)25-8-6-20(7-9-25)23-18(26)13-24(20)12-14-4-2-1-3-5-14;24-17-8-4-5-9-18(17)28(26,27)22-12-10-20(11-13-22)21-14-19(25)23(20)15-16-6-2-1-3-7-16;24-17-6-8-18(9-7-17)28(26,27)22-12-10-20(11-13-22)21-14-19(25)23(20)15-16-4-2-1-3-5-16/h1-5,10-11,23,27H,6-9,12-13H2;2*1-5,10-11,27H,6-9,12-13H2,(H,23,26);2*1-9,21,24H,10-15H2. The third-order valence-electron chi connectivity index (χ3n) is 28.3. The maximum atomic E-state index is 13.1. The summed E-state index contributed by atoms with van der Waals surface area (Å²) in [6, 6.07) is 67.8. The Hall–Kier alpha value is -10.4. The summed E-state index contributed by atoms with van der Waals surface area (Å²) in [7, 11) is -19.1. The van der Waals surface area contributed by atoms with Crippen LogP contribution in [0.4, 0.5) is 0 Å². The zero-order valence-corrected chi connectivity index (χ0v) is 87.5. The second-order valence-corrected chi connectivity index (χ2v) is 49.2. The van der Waals surface area contributed by atoms with E-state index < -0.39 is 84.2 Å². The summed E-state index contributed by atoms with van der Waals surface area (Å²) in [6.07, 6.45) is 4.77. The van der Waals surface area contributed by atoms with Crippen LogP contribution in [0.1, 0.15) is 92.0 Å². The Morgan fingerprint density at radius 2 is 0.534 bits per heavy atom. The first-order chi connectivity index (χ1) is 69.5. The number of carbonyl (C=O) groups excluding carboxylic acids is 5. The molecular weight excluding hydrogens is 2100 g/mol. The van der Waals surface area contributed by atoms with E-state index in [-0.39, 0.29) is 192 Å². The number of amides is 5. The van der Waals surface area contributed by atoms with Crippen LogP contribution in [0.2, 0.25) is 30.1 Å². The van der Waals surface area contributed by atoms with Gasteiger partial charge in [-0.05, 0) is 165 Å². The van der Waals surface area contributed by atoms with Gasteiger partial charge in [-0.2, -0.15) is 21.5 Å². The molecule has 10 fully saturated rings. The first kappa shape index (κ1) is 108. The van der Waals surface area contributed by atoms with Gasteiger partial charge in [-0.1, -0.05) is 233 Å². The first-order valence-corrected chi connectivity index (χ1v) is 56.6. The van der Waals surface area contributed by atoms with Crippen LogP contribution in [0.3, 0.4) is 0 Å². The number of sulfonamides is 5. The maximum Gasteiger partial charge on any atom is 0.246 e. The zero-order chi connectivity index (χ0) is 104. The quantitative estimate of drug-likeness (QED) is 0.0339. The fourth-order valence-electron chi connectivity index (χ4n) is 20.3. The van der Waals surface area contributed by atoms with Crippen molar-refractivity contribution in [2.45, 2.75) is 150 Å². The predicted octanol–water partition coefficient (Wildman–Crippen LogP) is 11.4. The number of phenolic OH excluding ortho intramolecular Hbond substituents is 5. The van der Waals surface area contributed by atoms with Gasteiger partial charge in [-0.15, -0.1) is 0 Å². The molecular formula is C100H109Cl6N15O20S5. The van der Waals surface area contributed by atoms with E-state index in [2.05, 4.69) is 36.4 Å². The molecule has 20 rings (SSSR count). The van der Waals surface area contributed by atoms with E-state index in [9.17, 15) is 91.6 Å². The molecule has 0 aliphatic carbocycles. The van der Waals surface area contributed by atoms with Crippen LogP contribution in [-0.2, 0) is 107 Å². The molecule has 10 aliphatic rings. The normalized spacial score (nSPS) is 19.8. The summed E-state index contributed by atoms with van der Waals surface area (Å²) >= 11 is 35.5. The molecule has 5 amide bonds. The number of aromatic hydroxyl groups is 5. The molecule has 0 unspecified atom stereocenters. The zero-order valence-electron chi connectivity index (χ0n) is 78.9. The number of para-hydroxylation sites is 1. The molecule has 146 heavy (non-hydrogen) atoms. The lowest BCUT2D eigenvalue weighted by Crippen LogP contribution is -2.58. The van der Waals surface area contributed by atoms with Crippen molar-refractivity contribution in [3.05, 3.63) is 295 Å². The Labute approximate surface area is 877 Å². The Balaban J connectivity index is 0.000000131. The predicted molar refractivity (Wildman–Crippen MR) is 549 cm³/mol. The average molecular weight is 2210 g/mol. The molecule has 46 heteroatoms. The number of hydrogen-bond donors (Lipinski definition) is 10. The van der Waals surface area contributed by atoms with Crippen molar-refractivity contribution >= 4 is 149 Å². The molecule has 0 atom stereocenters. The van der Waals surface area contributed by atoms with E-state index in [1.807, 2.05) is 166 Å². The van der Waals surface area contributed by atoms with Gasteiger partial charge in [0.2, 0.25) is 79.7 Å². The topological polar surface area (TPSA) is 450 Å². The van der Waals surface area contributed by atoms with Gasteiger partial charge < -0.3 is 50.9 Å². The molecule has 0 bridgehead atoms. The number of nitrogens with zero attached hydrogens (tertiary/aromatic N) is 10. The van der Waals surface area contributed by atoms with E-state index in [1.165, 1.54) is 94.3 Å². The number of hydrogen-bond acceptors (Lipinski definition) is 25. The molecule has 0 saturated carbocycles. The number of benzene rings is 10. The van der Waals surface area contributed by atoms with Gasteiger partial charge in [0.25, 0.3) is 0 Å². The Bertz CT molecular complexity index is 6940. The molecule has 10 heterocycles. The third kappa shape index (κ3) is 23.5. The van der Waals surface area contributed by atoms with Crippen molar-refractivity contribution in [3.8, 4) is 28.7 Å². The minimum absolute atomic E-state index is 0.00672. The highest BCUT2D eigenvalue weighted by Crippen LogP contribution is 2.45. The van der Waals surface area contributed by atoms with Crippen molar-refractivity contribution in [1.29, 1.82) is 0 Å². The highest BCUT2D eigenvalue weighted by molar-refractivity contribution is 7.90. The van der Waals surface area contributed by atoms with Crippen LogP contribution in [-0.4, -0.2) is 270 Å². The third-order valence-corrected chi connectivity index (χ3v) is 39.5. The second kappa shape index (κ2) is 44.8. The number of piperidine rings is 5. The molecule has 10 N–H and O–H groups in total. The largest absolute Gasteiger partial charge is 0.508 e. The van der Waals surface area contributed by atoms with E-state index in [4.69, 9.17) is 69.6 Å². The molecule has 10 aromatic carbocycles. The van der Waals surface area contributed by atoms with Gasteiger partial charge in [0.15, 0.2) is 17.2 Å². The summed E-state index contributed by atoms with van der Waals surface area (Å²) in [5, 5.41) is 64.5. The Morgan fingerprint density at radius 1 is 0.274 bits per heavy atom. The fraction of sp³-hybridized carbons (Fsp3) is 0.350. The molecule has 0 aromatic heterocycles. The highest BCUT2D eigenvalue weighted by atomic mass is 35.5. The molecule has 35 nitrogen and oxygen atoms in total. The average Bonchev–Trinajstić information content (AvgIpc) is 1.61. The summed E-state index contributed by atoms with van der Waals surface area (Å²) in [5.74, 6) is -1.47. The molecule has 10 aromatic rings. The SMILES string of the molecule is O=C1CN(Cc2ccccc2)C2(CCN(S(=O)(=O)c3cc(Cl)c(O)c(Cl)c3)CC2)N1.O=C1CN(Cc2ccccc2)C2(CCN(S(=O)(=O)c3cc(Cl)cc(Cl)c3O)CC2)N1.O=C1CNC2(CCN(S(=O)(=O)c3cc(Cl)c(O)c(Cl)c3)CC2)N1Cc1ccccc1.O=C1CNC2(CCN(S(=O)(=O)c3ccc(O)cc3)CC2)N1Cc1ccccc1.O=C1CNC2(CCN(S(=O)(=O)c3ccccc3O)CC2)N1Cc1ccccc1. The Kier molecular flexibility index (Phi) is 33.3. The number of rotatable bonds is 20. The van der Waals surface area contributed by atoms with Crippen molar-refractivity contribution in [1.82, 2.24) is 72.6 Å². The van der Waals surface area contributed by atoms with Crippen LogP contribution in [0.15, 0.2) is 261 Å². The van der Waals surface area contributed by atoms with E-state index in [0.717, 1.165) is 27.8 Å². The summed E-state index contributed by atoms with van der Waals surface area (Å²) in [5.41, 5.74) is 2.54. The smallest absolute Gasteiger partial charge is 0.246 e. The van der Waals surface area contributed by atoms with E-state index in [0.29, 0.717) is 110 Å². The van der Waals surface area contributed by atoms with Crippen LogP contribution < -0.4 is 26.6 Å². The minimum Gasteiger partial charge on any atom is -0.508 e. The molecule has 5 spiro atoms. The molecule has 10 aliphatic heterocycles. The van der Waals surface area contributed by atoms with Crippen molar-refractivity contribution in [2.24, 2.45) is 0 Å². The van der Waals surface area contributed by atoms with Crippen molar-refractivity contribution < 1.29 is 91.6 Å². The van der Waals surface area contributed by atoms with Crippen LogP contribution in [0, 0.1) is 0 Å². The van der Waals surface area contributed by atoms with Crippen molar-refractivity contribution in [3.63, 3.8) is 0 Å². The van der Waals surface area contributed by atoms with Gasteiger partial charge >= 0.3 is 0 Å². The summed E-state index contributed by atoms with van der Waals surface area (Å²) in [6.45, 7) is 6.58. The van der Waals surface area contributed by atoms with E-state index in [1.54, 1.807) is 12.1 Å². The van der Waals surface area contributed by atoms with Gasteiger partial charge in [0.1, 0.15) is 21.3 Å². The number of halogens is 6. The number of nitrogens with one attached hydrogen (secondary N) is 5. The lowest BCUT2D eigenvalue weighted by Gasteiger charge is -2.44. The van der Waals surface area contributed by atoms with E-state index >= 15 is 0 Å².